The number of rotatable bonds is 5. The fraction of sp³-hybridized carbons (Fsp3) is 0.231. The normalized spacial score (nSPS) is 10.1. The molecule has 1 rings (SSSR count). The predicted octanol–water partition coefficient (Wildman–Crippen LogP) is 1.42. The Morgan fingerprint density at radius 1 is 1.17 bits per heavy atom. The molecule has 0 bridgehead atoms. The SMILES string of the molecule is COC(=O)COC(=O)C=Cc1ccc(OC)cc1. The van der Waals surface area contributed by atoms with Crippen molar-refractivity contribution in [3.8, 4) is 5.75 Å². The van der Waals surface area contributed by atoms with Crippen molar-refractivity contribution in [3.05, 3.63) is 35.9 Å². The zero-order chi connectivity index (χ0) is 13.4. The summed E-state index contributed by atoms with van der Waals surface area (Å²) in [5.41, 5.74) is 0.825. The van der Waals surface area contributed by atoms with Crippen molar-refractivity contribution < 1.29 is 23.8 Å². The number of hydrogen-bond acceptors (Lipinski definition) is 5. The maximum Gasteiger partial charge on any atom is 0.344 e. The lowest BCUT2D eigenvalue weighted by atomic mass is 10.2. The Bertz CT molecular complexity index is 433. The van der Waals surface area contributed by atoms with Gasteiger partial charge in [-0.15, -0.1) is 0 Å². The molecule has 0 saturated carbocycles. The van der Waals surface area contributed by atoms with Crippen molar-refractivity contribution in [2.45, 2.75) is 0 Å². The standard InChI is InChI=1S/C13H14O5/c1-16-11-6-3-10(4-7-11)5-8-12(14)18-9-13(15)17-2/h3-8H,9H2,1-2H3. The van der Waals surface area contributed by atoms with Gasteiger partial charge in [-0.2, -0.15) is 0 Å². The van der Waals surface area contributed by atoms with Crippen molar-refractivity contribution in [1.82, 2.24) is 0 Å². The van der Waals surface area contributed by atoms with Crippen LogP contribution >= 0.6 is 0 Å². The van der Waals surface area contributed by atoms with Gasteiger partial charge in [0.2, 0.25) is 0 Å². The first-order chi connectivity index (χ1) is 8.65. The lowest BCUT2D eigenvalue weighted by Gasteiger charge is -2.00. The topological polar surface area (TPSA) is 61.8 Å². The summed E-state index contributed by atoms with van der Waals surface area (Å²) in [7, 11) is 2.80. The largest absolute Gasteiger partial charge is 0.497 e. The third-order valence-electron chi connectivity index (χ3n) is 2.09. The van der Waals surface area contributed by atoms with Crippen LogP contribution in [0.4, 0.5) is 0 Å². The zero-order valence-corrected chi connectivity index (χ0v) is 10.2. The fourth-order valence-corrected chi connectivity index (χ4v) is 1.12. The lowest BCUT2D eigenvalue weighted by Crippen LogP contribution is -2.13. The third-order valence-corrected chi connectivity index (χ3v) is 2.09. The number of benzene rings is 1. The first-order valence-corrected chi connectivity index (χ1v) is 5.21. The van der Waals surface area contributed by atoms with E-state index in [0.29, 0.717) is 0 Å². The molecule has 0 amide bonds. The number of methoxy groups -OCH3 is 2. The minimum atomic E-state index is -0.601. The van der Waals surface area contributed by atoms with E-state index in [1.54, 1.807) is 37.5 Å². The fourth-order valence-electron chi connectivity index (χ4n) is 1.12. The summed E-state index contributed by atoms with van der Waals surface area (Å²) in [5, 5.41) is 0. The summed E-state index contributed by atoms with van der Waals surface area (Å²) >= 11 is 0. The molecule has 0 radical (unpaired) electrons. The van der Waals surface area contributed by atoms with Gasteiger partial charge < -0.3 is 14.2 Å². The molecule has 0 aliphatic carbocycles. The molecule has 0 heterocycles. The molecule has 1 aromatic carbocycles. The van der Waals surface area contributed by atoms with Gasteiger partial charge in [-0.25, -0.2) is 9.59 Å². The van der Waals surface area contributed by atoms with E-state index in [4.69, 9.17) is 4.74 Å². The van der Waals surface area contributed by atoms with E-state index in [2.05, 4.69) is 9.47 Å². The highest BCUT2D eigenvalue weighted by molar-refractivity contribution is 5.88. The molecule has 0 atom stereocenters. The Balaban J connectivity index is 2.47. The molecular formula is C13H14O5. The summed E-state index contributed by atoms with van der Waals surface area (Å²) in [6, 6.07) is 7.14. The van der Waals surface area contributed by atoms with Crippen LogP contribution in [0.3, 0.4) is 0 Å². The van der Waals surface area contributed by atoms with Crippen molar-refractivity contribution in [3.63, 3.8) is 0 Å². The second-order valence-electron chi connectivity index (χ2n) is 3.29. The summed E-state index contributed by atoms with van der Waals surface area (Å²) in [6.45, 7) is -0.387. The van der Waals surface area contributed by atoms with Gasteiger partial charge in [0.25, 0.3) is 0 Å². The summed E-state index contributed by atoms with van der Waals surface area (Å²) in [5.74, 6) is -0.460. The van der Waals surface area contributed by atoms with Crippen LogP contribution in [-0.4, -0.2) is 32.8 Å². The Morgan fingerprint density at radius 3 is 2.39 bits per heavy atom. The van der Waals surface area contributed by atoms with Crippen LogP contribution in [0.1, 0.15) is 5.56 Å². The first kappa shape index (κ1) is 13.8. The number of ether oxygens (including phenoxy) is 3. The lowest BCUT2D eigenvalue weighted by molar-refractivity contribution is -0.154. The van der Waals surface area contributed by atoms with Gasteiger partial charge in [-0.3, -0.25) is 0 Å². The number of carbonyl (C=O) groups excluding carboxylic acids is 2. The molecule has 0 N–H and O–H groups in total. The van der Waals surface area contributed by atoms with E-state index in [1.165, 1.54) is 13.2 Å². The second kappa shape index (κ2) is 7.11. The monoisotopic (exact) mass is 250 g/mol. The molecule has 96 valence electrons. The zero-order valence-electron chi connectivity index (χ0n) is 10.2. The summed E-state index contributed by atoms with van der Waals surface area (Å²) in [6.07, 6.45) is 2.82. The van der Waals surface area contributed by atoms with Gasteiger partial charge in [0.05, 0.1) is 14.2 Å². The second-order valence-corrected chi connectivity index (χ2v) is 3.29. The van der Waals surface area contributed by atoms with Gasteiger partial charge in [0.1, 0.15) is 5.75 Å². The molecule has 5 heteroatoms. The Labute approximate surface area is 105 Å². The van der Waals surface area contributed by atoms with Gasteiger partial charge in [-0.1, -0.05) is 12.1 Å². The van der Waals surface area contributed by atoms with E-state index in [-0.39, 0.29) is 6.61 Å². The van der Waals surface area contributed by atoms with Crippen LogP contribution in [-0.2, 0) is 19.1 Å². The molecule has 0 fully saturated rings. The van der Waals surface area contributed by atoms with Crippen molar-refractivity contribution in [1.29, 1.82) is 0 Å². The van der Waals surface area contributed by atoms with Crippen LogP contribution in [0.15, 0.2) is 30.3 Å². The quantitative estimate of drug-likeness (QED) is 0.584. The molecule has 1 aromatic rings. The molecule has 0 spiro atoms. The number of esters is 2. The molecule has 0 unspecified atom stereocenters. The highest BCUT2D eigenvalue weighted by atomic mass is 16.6. The molecule has 0 saturated heterocycles. The van der Waals surface area contributed by atoms with Crippen LogP contribution in [0.5, 0.6) is 5.75 Å². The first-order valence-electron chi connectivity index (χ1n) is 5.21. The molecule has 5 nitrogen and oxygen atoms in total. The van der Waals surface area contributed by atoms with Crippen LogP contribution in [0.25, 0.3) is 6.08 Å². The van der Waals surface area contributed by atoms with Crippen LogP contribution in [0.2, 0.25) is 0 Å². The van der Waals surface area contributed by atoms with Crippen molar-refractivity contribution in [2.75, 3.05) is 20.8 Å². The Kier molecular flexibility index (Phi) is 5.44. The minimum Gasteiger partial charge on any atom is -0.497 e. The van der Waals surface area contributed by atoms with Gasteiger partial charge in [0, 0.05) is 6.08 Å². The van der Waals surface area contributed by atoms with Gasteiger partial charge in [-0.05, 0) is 23.8 Å². The van der Waals surface area contributed by atoms with Crippen molar-refractivity contribution in [2.24, 2.45) is 0 Å². The Morgan fingerprint density at radius 2 is 1.83 bits per heavy atom. The molecule has 0 aliphatic rings. The van der Waals surface area contributed by atoms with Crippen LogP contribution in [0, 0.1) is 0 Å². The van der Waals surface area contributed by atoms with Gasteiger partial charge in [0.15, 0.2) is 6.61 Å². The number of carbonyl (C=O) groups is 2. The van der Waals surface area contributed by atoms with Crippen LogP contribution < -0.4 is 4.74 Å². The average molecular weight is 250 g/mol. The van der Waals surface area contributed by atoms with E-state index >= 15 is 0 Å². The molecule has 0 aromatic heterocycles. The Hall–Kier alpha value is -2.30. The van der Waals surface area contributed by atoms with E-state index in [1.807, 2.05) is 0 Å². The van der Waals surface area contributed by atoms with Crippen molar-refractivity contribution >= 4 is 18.0 Å². The highest BCUT2D eigenvalue weighted by Gasteiger charge is 2.03. The summed E-state index contributed by atoms with van der Waals surface area (Å²) in [4.78, 5) is 21.9. The highest BCUT2D eigenvalue weighted by Crippen LogP contribution is 2.12. The summed E-state index contributed by atoms with van der Waals surface area (Å²) < 4.78 is 14.0. The number of hydrogen-bond donors (Lipinski definition) is 0. The predicted molar refractivity (Wildman–Crippen MR) is 65.0 cm³/mol. The average Bonchev–Trinajstić information content (AvgIpc) is 2.42. The molecule has 18 heavy (non-hydrogen) atoms. The van der Waals surface area contributed by atoms with E-state index in [0.717, 1.165) is 11.3 Å². The molecule has 0 aliphatic heterocycles. The van der Waals surface area contributed by atoms with Gasteiger partial charge >= 0.3 is 11.9 Å². The molecular weight excluding hydrogens is 236 g/mol. The smallest absolute Gasteiger partial charge is 0.344 e. The van der Waals surface area contributed by atoms with E-state index < -0.39 is 11.9 Å². The maximum atomic E-state index is 11.2. The minimum absolute atomic E-state index is 0.387. The maximum absolute atomic E-state index is 11.2. The van der Waals surface area contributed by atoms with E-state index in [9.17, 15) is 9.59 Å². The third kappa shape index (κ3) is 4.69.